The number of carbonyl (C=O) groups is 1. The number of nitrogens with one attached hydrogen (secondary N) is 1. The zero-order valence-electron chi connectivity index (χ0n) is 15.2. The van der Waals surface area contributed by atoms with E-state index in [9.17, 15) is 14.4 Å². The molecule has 0 atom stereocenters. The fourth-order valence-corrected chi connectivity index (χ4v) is 3.58. The van der Waals surface area contributed by atoms with E-state index in [4.69, 9.17) is 23.2 Å². The highest BCUT2D eigenvalue weighted by atomic mass is 35.5. The second-order valence-corrected chi connectivity index (χ2v) is 7.45. The number of hydrogen-bond donors (Lipinski definition) is 1. The van der Waals surface area contributed by atoms with Crippen LogP contribution in [0.5, 0.6) is 0 Å². The maximum atomic E-state index is 14.6. The van der Waals surface area contributed by atoms with Crippen LogP contribution in [0, 0.1) is 24.1 Å². The minimum absolute atomic E-state index is 0.151. The van der Waals surface area contributed by atoms with Gasteiger partial charge in [0.15, 0.2) is 0 Å². The Kier molecular flexibility index (Phi) is 6.23. The van der Waals surface area contributed by atoms with Crippen molar-refractivity contribution in [3.63, 3.8) is 0 Å². The lowest BCUT2D eigenvalue weighted by atomic mass is 10.0. The highest BCUT2D eigenvalue weighted by Gasteiger charge is 2.18. The standard InChI is InChI=1S/C21H18Cl2FN3O/c1-13-8-20(27-6-2-3-7-27)18(24)10-14(13)9-15(12-25)21(28)26-19-5-4-16(22)11-17(19)23/h4-5,8-11H,2-3,6-7H2,1H3,(H,26,28). The molecule has 4 nitrogen and oxygen atoms in total. The summed E-state index contributed by atoms with van der Waals surface area (Å²) >= 11 is 11.9. The van der Waals surface area contributed by atoms with Gasteiger partial charge in [0.25, 0.3) is 5.91 Å². The molecule has 1 fully saturated rings. The van der Waals surface area contributed by atoms with Crippen molar-refractivity contribution in [2.24, 2.45) is 0 Å². The molecular weight excluding hydrogens is 400 g/mol. The Hall–Kier alpha value is -2.55. The lowest BCUT2D eigenvalue weighted by Gasteiger charge is -2.19. The number of anilines is 2. The molecule has 7 heteroatoms. The first-order valence-corrected chi connectivity index (χ1v) is 9.58. The first-order chi connectivity index (χ1) is 13.4. The summed E-state index contributed by atoms with van der Waals surface area (Å²) in [5.41, 5.74) is 2.01. The molecule has 0 radical (unpaired) electrons. The van der Waals surface area contributed by atoms with Crippen LogP contribution in [-0.4, -0.2) is 19.0 Å². The van der Waals surface area contributed by atoms with E-state index < -0.39 is 5.91 Å². The van der Waals surface area contributed by atoms with Gasteiger partial charge in [-0.15, -0.1) is 0 Å². The number of carbonyl (C=O) groups excluding carboxylic acids is 1. The summed E-state index contributed by atoms with van der Waals surface area (Å²) in [4.78, 5) is 14.5. The zero-order chi connectivity index (χ0) is 20.3. The Morgan fingerprint density at radius 1 is 1.25 bits per heavy atom. The summed E-state index contributed by atoms with van der Waals surface area (Å²) in [6.07, 6.45) is 3.48. The molecule has 0 unspecified atom stereocenters. The third kappa shape index (κ3) is 4.46. The average molecular weight is 418 g/mol. The molecule has 1 aliphatic heterocycles. The van der Waals surface area contributed by atoms with Gasteiger partial charge in [-0.1, -0.05) is 23.2 Å². The van der Waals surface area contributed by atoms with Gasteiger partial charge in [-0.25, -0.2) is 4.39 Å². The van der Waals surface area contributed by atoms with Crippen LogP contribution >= 0.6 is 23.2 Å². The molecule has 1 heterocycles. The minimum atomic E-state index is -0.629. The van der Waals surface area contributed by atoms with Gasteiger partial charge in [0, 0.05) is 18.1 Å². The number of nitrogens with zero attached hydrogens (tertiary/aromatic N) is 2. The van der Waals surface area contributed by atoms with Gasteiger partial charge in [0.2, 0.25) is 0 Å². The molecule has 1 saturated heterocycles. The van der Waals surface area contributed by atoms with Gasteiger partial charge in [-0.3, -0.25) is 4.79 Å². The van der Waals surface area contributed by atoms with Crippen LogP contribution < -0.4 is 10.2 Å². The summed E-state index contributed by atoms with van der Waals surface area (Å²) in [6, 6.07) is 9.61. The Labute approximate surface area is 173 Å². The predicted molar refractivity (Wildman–Crippen MR) is 111 cm³/mol. The van der Waals surface area contributed by atoms with Crippen molar-refractivity contribution in [3.05, 3.63) is 62.9 Å². The van der Waals surface area contributed by atoms with Crippen molar-refractivity contribution in [3.8, 4) is 6.07 Å². The number of hydrogen-bond acceptors (Lipinski definition) is 3. The SMILES string of the molecule is Cc1cc(N2CCCC2)c(F)cc1C=C(C#N)C(=O)Nc1ccc(Cl)cc1Cl. The van der Waals surface area contributed by atoms with Crippen LogP contribution in [0.1, 0.15) is 24.0 Å². The average Bonchev–Trinajstić information content (AvgIpc) is 3.18. The molecule has 0 aromatic heterocycles. The number of nitriles is 1. The van der Waals surface area contributed by atoms with E-state index in [1.807, 2.05) is 17.9 Å². The van der Waals surface area contributed by atoms with Crippen LogP contribution in [0.15, 0.2) is 35.9 Å². The van der Waals surface area contributed by atoms with E-state index in [2.05, 4.69) is 5.32 Å². The second kappa shape index (κ2) is 8.64. The molecule has 3 rings (SSSR count). The van der Waals surface area contributed by atoms with Crippen LogP contribution in [0.2, 0.25) is 10.0 Å². The predicted octanol–water partition coefficient (Wildman–Crippen LogP) is 5.59. The van der Waals surface area contributed by atoms with Crippen molar-refractivity contribution >= 4 is 46.6 Å². The lowest BCUT2D eigenvalue weighted by Crippen LogP contribution is -2.19. The second-order valence-electron chi connectivity index (χ2n) is 6.60. The number of rotatable bonds is 4. The number of amides is 1. The van der Waals surface area contributed by atoms with Gasteiger partial charge >= 0.3 is 0 Å². The lowest BCUT2D eigenvalue weighted by molar-refractivity contribution is -0.112. The maximum absolute atomic E-state index is 14.6. The van der Waals surface area contributed by atoms with Gasteiger partial charge in [-0.2, -0.15) is 5.26 Å². The van der Waals surface area contributed by atoms with Crippen LogP contribution in [0.4, 0.5) is 15.8 Å². The van der Waals surface area contributed by atoms with Crippen molar-refractivity contribution < 1.29 is 9.18 Å². The first kappa shape index (κ1) is 20.2. The van der Waals surface area contributed by atoms with Gasteiger partial charge in [-0.05, 0) is 67.3 Å². The summed E-state index contributed by atoms with van der Waals surface area (Å²) in [7, 11) is 0. The number of benzene rings is 2. The van der Waals surface area contributed by atoms with E-state index in [0.29, 0.717) is 22.0 Å². The summed E-state index contributed by atoms with van der Waals surface area (Å²) in [5, 5.41) is 12.7. The summed E-state index contributed by atoms with van der Waals surface area (Å²) in [5.74, 6) is -0.993. The van der Waals surface area contributed by atoms with E-state index in [1.165, 1.54) is 18.2 Å². The molecular formula is C21H18Cl2FN3O. The number of aryl methyl sites for hydroxylation is 1. The fourth-order valence-electron chi connectivity index (χ4n) is 3.12. The molecule has 28 heavy (non-hydrogen) atoms. The van der Waals surface area contributed by atoms with Crippen molar-refractivity contribution in [2.45, 2.75) is 19.8 Å². The maximum Gasteiger partial charge on any atom is 0.266 e. The highest BCUT2D eigenvalue weighted by Crippen LogP contribution is 2.29. The zero-order valence-corrected chi connectivity index (χ0v) is 16.7. The molecule has 0 aliphatic carbocycles. The van der Waals surface area contributed by atoms with Crippen molar-refractivity contribution in [1.29, 1.82) is 5.26 Å². The van der Waals surface area contributed by atoms with Gasteiger partial charge in [0.1, 0.15) is 17.5 Å². The van der Waals surface area contributed by atoms with Crippen LogP contribution in [-0.2, 0) is 4.79 Å². The highest BCUT2D eigenvalue weighted by molar-refractivity contribution is 6.36. The monoisotopic (exact) mass is 417 g/mol. The Morgan fingerprint density at radius 2 is 1.96 bits per heavy atom. The normalized spacial score (nSPS) is 14.1. The number of halogens is 3. The van der Waals surface area contributed by atoms with E-state index >= 15 is 0 Å². The molecule has 2 aromatic rings. The Balaban J connectivity index is 1.86. The molecule has 1 amide bonds. The Bertz CT molecular complexity index is 992. The summed E-state index contributed by atoms with van der Waals surface area (Å²) < 4.78 is 14.6. The molecule has 0 saturated carbocycles. The smallest absolute Gasteiger partial charge is 0.266 e. The minimum Gasteiger partial charge on any atom is -0.369 e. The van der Waals surface area contributed by atoms with Gasteiger partial charge < -0.3 is 10.2 Å². The fraction of sp³-hybridized carbons (Fsp3) is 0.238. The third-order valence-electron chi connectivity index (χ3n) is 4.63. The Morgan fingerprint density at radius 3 is 2.61 bits per heavy atom. The molecule has 2 aromatic carbocycles. The first-order valence-electron chi connectivity index (χ1n) is 8.82. The molecule has 0 spiro atoms. The summed E-state index contributed by atoms with van der Waals surface area (Å²) in [6.45, 7) is 3.49. The van der Waals surface area contributed by atoms with Gasteiger partial charge in [0.05, 0.1) is 16.4 Å². The molecule has 0 bridgehead atoms. The van der Waals surface area contributed by atoms with E-state index in [-0.39, 0.29) is 16.4 Å². The van der Waals surface area contributed by atoms with Crippen molar-refractivity contribution in [2.75, 3.05) is 23.3 Å². The molecule has 144 valence electrons. The molecule has 1 aliphatic rings. The van der Waals surface area contributed by atoms with E-state index in [1.54, 1.807) is 18.2 Å². The van der Waals surface area contributed by atoms with Crippen molar-refractivity contribution in [1.82, 2.24) is 0 Å². The largest absolute Gasteiger partial charge is 0.369 e. The molecule has 1 N–H and O–H groups in total. The topological polar surface area (TPSA) is 56.1 Å². The van der Waals surface area contributed by atoms with Crippen LogP contribution in [0.3, 0.4) is 0 Å². The van der Waals surface area contributed by atoms with Crippen LogP contribution in [0.25, 0.3) is 6.08 Å². The third-order valence-corrected chi connectivity index (χ3v) is 5.17. The van der Waals surface area contributed by atoms with E-state index in [0.717, 1.165) is 31.5 Å². The quantitative estimate of drug-likeness (QED) is 0.521.